The molecule has 1 N–H and O–H groups in total. The predicted octanol–water partition coefficient (Wildman–Crippen LogP) is 2.53. The van der Waals surface area contributed by atoms with Gasteiger partial charge in [-0.15, -0.1) is 0 Å². The Bertz CT molecular complexity index is 342. The van der Waals surface area contributed by atoms with Gasteiger partial charge in [-0.2, -0.15) is 5.26 Å². The maximum Gasteiger partial charge on any atom is 0.407 e. The molecule has 0 aromatic rings. The number of unbranched alkanes of at least 4 members (excludes halogenated alkanes) is 3. The fourth-order valence-electron chi connectivity index (χ4n) is 1.39. The molecule has 0 aliphatic rings. The summed E-state index contributed by atoms with van der Waals surface area (Å²) in [6.07, 6.45) is 2.87. The lowest BCUT2D eigenvalue weighted by Crippen LogP contribution is -2.32. The van der Waals surface area contributed by atoms with Crippen molar-refractivity contribution < 1.29 is 19.1 Å². The fraction of sp³-hybridized carbons (Fsp3) is 0.786. The summed E-state index contributed by atoms with van der Waals surface area (Å²) in [5.41, 5.74) is -0.475. The van der Waals surface area contributed by atoms with Gasteiger partial charge in [0.25, 0.3) is 0 Å². The van der Waals surface area contributed by atoms with Gasteiger partial charge in [-0.05, 0) is 40.0 Å². The van der Waals surface area contributed by atoms with Crippen molar-refractivity contribution in [1.82, 2.24) is 5.32 Å². The minimum atomic E-state index is -0.475. The lowest BCUT2D eigenvalue weighted by atomic mass is 10.2. The molecule has 0 bridgehead atoms. The van der Waals surface area contributed by atoms with E-state index < -0.39 is 17.7 Å². The second kappa shape index (κ2) is 10.1. The number of rotatable bonds is 8. The van der Waals surface area contributed by atoms with Gasteiger partial charge in [0.1, 0.15) is 12.0 Å². The van der Waals surface area contributed by atoms with Gasteiger partial charge < -0.3 is 14.8 Å². The van der Waals surface area contributed by atoms with Crippen molar-refractivity contribution in [3.8, 4) is 6.07 Å². The Morgan fingerprint density at radius 3 is 2.40 bits per heavy atom. The van der Waals surface area contributed by atoms with Gasteiger partial charge in [-0.25, -0.2) is 4.79 Å². The molecule has 0 aromatic heterocycles. The third kappa shape index (κ3) is 12.7. The monoisotopic (exact) mass is 284 g/mol. The molecule has 0 spiro atoms. The molecule has 0 radical (unpaired) electrons. The number of amides is 1. The molecule has 0 saturated carbocycles. The van der Waals surface area contributed by atoms with E-state index in [0.29, 0.717) is 13.2 Å². The van der Waals surface area contributed by atoms with Crippen molar-refractivity contribution >= 4 is 12.1 Å². The third-order valence-electron chi connectivity index (χ3n) is 2.23. The van der Waals surface area contributed by atoms with E-state index >= 15 is 0 Å². The minimum Gasteiger partial charge on any atom is -0.465 e. The first kappa shape index (κ1) is 18.2. The molecule has 0 heterocycles. The Kier molecular flexibility index (Phi) is 9.18. The normalized spacial score (nSPS) is 10.5. The number of carbonyl (C=O) groups is 2. The highest BCUT2D eigenvalue weighted by molar-refractivity contribution is 5.71. The van der Waals surface area contributed by atoms with Crippen LogP contribution in [0, 0.1) is 11.3 Å². The van der Waals surface area contributed by atoms with Gasteiger partial charge in [0.05, 0.1) is 12.7 Å². The summed E-state index contributed by atoms with van der Waals surface area (Å²) in [6.45, 7) is 6.38. The maximum absolute atomic E-state index is 11.3. The second-order valence-electron chi connectivity index (χ2n) is 5.40. The molecule has 1 amide bonds. The number of hydrogen-bond donors (Lipinski definition) is 1. The van der Waals surface area contributed by atoms with Gasteiger partial charge in [0, 0.05) is 6.54 Å². The Hall–Kier alpha value is -1.77. The van der Waals surface area contributed by atoms with E-state index in [1.165, 1.54) is 0 Å². The highest BCUT2D eigenvalue weighted by Crippen LogP contribution is 2.06. The van der Waals surface area contributed by atoms with E-state index in [1.807, 2.05) is 20.8 Å². The van der Waals surface area contributed by atoms with Gasteiger partial charge in [-0.3, -0.25) is 4.79 Å². The van der Waals surface area contributed by atoms with Gasteiger partial charge in [0.15, 0.2) is 0 Å². The van der Waals surface area contributed by atoms with Crippen LogP contribution in [0.5, 0.6) is 0 Å². The predicted molar refractivity (Wildman–Crippen MR) is 73.9 cm³/mol. The van der Waals surface area contributed by atoms with E-state index in [1.54, 1.807) is 6.07 Å². The number of ether oxygens (including phenoxy) is 2. The first-order valence-electron chi connectivity index (χ1n) is 6.84. The van der Waals surface area contributed by atoms with Crippen LogP contribution in [0.3, 0.4) is 0 Å². The standard InChI is InChI=1S/C14H24N2O4/c1-14(2,3)20-13(18)16-10-6-4-5-7-11-19-12(17)8-9-15/h4-8,10-11H2,1-3H3,(H,16,18). The Balaban J connectivity index is 3.35. The molecule has 0 aliphatic heterocycles. The van der Waals surface area contributed by atoms with Crippen LogP contribution in [0.25, 0.3) is 0 Å². The first-order valence-corrected chi connectivity index (χ1v) is 6.84. The van der Waals surface area contributed by atoms with Crippen LogP contribution in [-0.4, -0.2) is 30.8 Å². The number of nitrogens with one attached hydrogen (secondary N) is 1. The highest BCUT2D eigenvalue weighted by Gasteiger charge is 2.15. The van der Waals surface area contributed by atoms with Crippen molar-refractivity contribution in [1.29, 1.82) is 5.26 Å². The van der Waals surface area contributed by atoms with Crippen LogP contribution >= 0.6 is 0 Å². The number of hydrogen-bond acceptors (Lipinski definition) is 5. The average Bonchev–Trinajstić information content (AvgIpc) is 2.30. The lowest BCUT2D eigenvalue weighted by Gasteiger charge is -2.19. The quantitative estimate of drug-likeness (QED) is 0.546. The Labute approximate surface area is 120 Å². The molecule has 6 nitrogen and oxygen atoms in total. The zero-order valence-corrected chi connectivity index (χ0v) is 12.5. The van der Waals surface area contributed by atoms with Crippen LogP contribution < -0.4 is 5.32 Å². The van der Waals surface area contributed by atoms with Crippen LogP contribution in [0.15, 0.2) is 0 Å². The van der Waals surface area contributed by atoms with Crippen molar-refractivity contribution in [2.24, 2.45) is 0 Å². The molecule has 0 fully saturated rings. The van der Waals surface area contributed by atoms with E-state index in [0.717, 1.165) is 25.7 Å². The first-order chi connectivity index (χ1) is 9.35. The Morgan fingerprint density at radius 1 is 1.15 bits per heavy atom. The SMILES string of the molecule is CC(C)(C)OC(=O)NCCCCCCOC(=O)CC#N. The molecule has 6 heteroatoms. The van der Waals surface area contributed by atoms with Crippen LogP contribution in [-0.2, 0) is 14.3 Å². The van der Waals surface area contributed by atoms with Crippen LogP contribution in [0.2, 0.25) is 0 Å². The number of alkyl carbamates (subject to hydrolysis) is 1. The third-order valence-corrected chi connectivity index (χ3v) is 2.23. The van der Waals surface area contributed by atoms with E-state index in [-0.39, 0.29) is 6.42 Å². The summed E-state index contributed by atoms with van der Waals surface area (Å²) in [6, 6.07) is 1.74. The molecule has 0 saturated heterocycles. The largest absolute Gasteiger partial charge is 0.465 e. The van der Waals surface area contributed by atoms with E-state index in [2.05, 4.69) is 5.32 Å². The van der Waals surface area contributed by atoms with E-state index in [9.17, 15) is 9.59 Å². The molecule has 0 rings (SSSR count). The average molecular weight is 284 g/mol. The number of nitrogens with zero attached hydrogens (tertiary/aromatic N) is 1. The van der Waals surface area contributed by atoms with Gasteiger partial charge in [0.2, 0.25) is 0 Å². The highest BCUT2D eigenvalue weighted by atomic mass is 16.6. The number of nitriles is 1. The lowest BCUT2D eigenvalue weighted by molar-refractivity contribution is -0.142. The van der Waals surface area contributed by atoms with Crippen LogP contribution in [0.1, 0.15) is 52.9 Å². The summed E-state index contributed by atoms with van der Waals surface area (Å²) >= 11 is 0. The fourth-order valence-corrected chi connectivity index (χ4v) is 1.39. The molecular weight excluding hydrogens is 260 g/mol. The number of esters is 1. The molecule has 0 aliphatic carbocycles. The zero-order chi connectivity index (χ0) is 15.4. The van der Waals surface area contributed by atoms with Gasteiger partial charge >= 0.3 is 12.1 Å². The molecule has 0 aromatic carbocycles. The summed E-state index contributed by atoms with van der Waals surface area (Å²) in [5, 5.41) is 10.9. The van der Waals surface area contributed by atoms with Crippen LogP contribution in [0.4, 0.5) is 4.79 Å². The van der Waals surface area contributed by atoms with E-state index in [4.69, 9.17) is 14.7 Å². The second-order valence-corrected chi connectivity index (χ2v) is 5.40. The topological polar surface area (TPSA) is 88.4 Å². The molecule has 114 valence electrons. The summed E-state index contributed by atoms with van der Waals surface area (Å²) < 4.78 is 9.93. The number of carbonyl (C=O) groups excluding carboxylic acids is 2. The zero-order valence-electron chi connectivity index (χ0n) is 12.5. The molecule has 0 atom stereocenters. The smallest absolute Gasteiger partial charge is 0.407 e. The van der Waals surface area contributed by atoms with Crippen molar-refractivity contribution in [3.63, 3.8) is 0 Å². The van der Waals surface area contributed by atoms with Crippen molar-refractivity contribution in [3.05, 3.63) is 0 Å². The minimum absolute atomic E-state index is 0.195. The summed E-state index contributed by atoms with van der Waals surface area (Å²) in [7, 11) is 0. The van der Waals surface area contributed by atoms with Crippen molar-refractivity contribution in [2.75, 3.05) is 13.2 Å². The summed E-state index contributed by atoms with van der Waals surface area (Å²) in [5.74, 6) is -0.473. The van der Waals surface area contributed by atoms with Crippen molar-refractivity contribution in [2.45, 2.75) is 58.5 Å². The molecule has 0 unspecified atom stereocenters. The summed E-state index contributed by atoms with van der Waals surface area (Å²) in [4.78, 5) is 22.2. The van der Waals surface area contributed by atoms with Gasteiger partial charge in [-0.1, -0.05) is 6.42 Å². The maximum atomic E-state index is 11.3. The molecular formula is C14H24N2O4. The molecule has 20 heavy (non-hydrogen) atoms. The Morgan fingerprint density at radius 2 is 1.80 bits per heavy atom.